The fourth-order valence-electron chi connectivity index (χ4n) is 1.95. The highest BCUT2D eigenvalue weighted by molar-refractivity contribution is 5.54. The number of pyridine rings is 1. The third-order valence-corrected chi connectivity index (χ3v) is 2.88. The molecular weight excluding hydrogens is 254 g/mol. The fraction of sp³-hybridized carbons (Fsp3) is 0.154. The number of aromatic nitrogens is 1. The van der Waals surface area contributed by atoms with Crippen molar-refractivity contribution in [3.8, 4) is 17.2 Å². The molecule has 0 aliphatic carbocycles. The summed E-state index contributed by atoms with van der Waals surface area (Å²) in [4.78, 5) is 0. The predicted molar refractivity (Wildman–Crippen MR) is 62.4 cm³/mol. The summed E-state index contributed by atoms with van der Waals surface area (Å²) in [5.74, 6) is -2.64. The topological polar surface area (TPSA) is 47.2 Å². The molecule has 1 aromatic heterocycles. The molecule has 2 aromatic rings. The molecular formula is C13H10F2N2O2. The van der Waals surface area contributed by atoms with Gasteiger partial charge in [-0.15, -0.1) is 0 Å². The number of fused-ring (bicyclic) bond motifs is 4. The van der Waals surface area contributed by atoms with E-state index in [9.17, 15) is 8.78 Å². The number of nitrogens with one attached hydrogen (secondary N) is 1. The van der Waals surface area contributed by atoms with E-state index < -0.39 is 11.6 Å². The van der Waals surface area contributed by atoms with E-state index in [2.05, 4.69) is 0 Å². The van der Waals surface area contributed by atoms with Crippen molar-refractivity contribution in [2.45, 2.75) is 6.92 Å². The van der Waals surface area contributed by atoms with Crippen molar-refractivity contribution in [2.24, 2.45) is 0 Å². The molecule has 0 saturated carbocycles. The molecule has 0 amide bonds. The largest absolute Gasteiger partial charge is 0.454 e. The maximum absolute atomic E-state index is 13.8. The smallest absolute Gasteiger partial charge is 0.231 e. The van der Waals surface area contributed by atoms with Gasteiger partial charge in [0.1, 0.15) is 5.49 Å². The molecule has 4 nitrogen and oxygen atoms in total. The van der Waals surface area contributed by atoms with Crippen molar-refractivity contribution in [3.05, 3.63) is 47.1 Å². The summed E-state index contributed by atoms with van der Waals surface area (Å²) in [6.07, 6.45) is 1.65. The van der Waals surface area contributed by atoms with E-state index in [4.69, 9.17) is 14.9 Å². The van der Waals surface area contributed by atoms with Crippen LogP contribution in [0.25, 0.3) is 5.69 Å². The molecule has 0 radical (unpaired) electrons. The van der Waals surface area contributed by atoms with E-state index in [1.54, 1.807) is 18.3 Å². The van der Waals surface area contributed by atoms with Gasteiger partial charge in [-0.1, -0.05) is 6.07 Å². The van der Waals surface area contributed by atoms with Crippen LogP contribution < -0.4 is 15.0 Å². The maximum Gasteiger partial charge on any atom is 0.231 e. The lowest BCUT2D eigenvalue weighted by molar-refractivity contribution is 0.123. The predicted octanol–water partition coefficient (Wildman–Crippen LogP) is 2.27. The van der Waals surface area contributed by atoms with Gasteiger partial charge in [-0.25, -0.2) is 0 Å². The molecule has 0 saturated heterocycles. The van der Waals surface area contributed by atoms with Gasteiger partial charge in [0.15, 0.2) is 11.5 Å². The summed E-state index contributed by atoms with van der Waals surface area (Å²) < 4.78 is 38.8. The molecule has 0 fully saturated rings. The third kappa shape index (κ3) is 1.76. The molecule has 3 heterocycles. The van der Waals surface area contributed by atoms with Gasteiger partial charge < -0.3 is 9.47 Å². The van der Waals surface area contributed by atoms with Crippen LogP contribution in [0.4, 0.5) is 8.78 Å². The lowest BCUT2D eigenvalue weighted by atomic mass is 10.2. The zero-order valence-corrected chi connectivity index (χ0v) is 10.0. The van der Waals surface area contributed by atoms with Crippen LogP contribution in [0, 0.1) is 24.0 Å². The average molecular weight is 264 g/mol. The van der Waals surface area contributed by atoms with Gasteiger partial charge in [-0.05, 0) is 18.6 Å². The van der Waals surface area contributed by atoms with Gasteiger partial charge in [0, 0.05) is 12.3 Å². The summed E-state index contributed by atoms with van der Waals surface area (Å²) >= 11 is 0. The zero-order valence-electron chi connectivity index (χ0n) is 10.0. The Balaban J connectivity index is 2.33. The Morgan fingerprint density at radius 1 is 1.21 bits per heavy atom. The normalized spacial score (nSPS) is 12.8. The molecule has 4 rings (SSSR count). The molecule has 0 spiro atoms. The van der Waals surface area contributed by atoms with Crippen LogP contribution >= 0.6 is 0 Å². The van der Waals surface area contributed by atoms with E-state index in [1.165, 1.54) is 10.6 Å². The number of rotatable bonds is 1. The summed E-state index contributed by atoms with van der Waals surface area (Å²) in [7, 11) is 0. The Bertz CT molecular complexity index is 725. The summed E-state index contributed by atoms with van der Waals surface area (Å²) in [5.41, 5.74) is 1.27. The Morgan fingerprint density at radius 3 is 2.79 bits per heavy atom. The lowest BCUT2D eigenvalue weighted by Crippen LogP contribution is -2.18. The van der Waals surface area contributed by atoms with E-state index in [0.717, 1.165) is 5.56 Å². The first-order valence-electron chi connectivity index (χ1n) is 5.60. The number of hydrogen-bond donors (Lipinski definition) is 1. The number of nitrogens with zero attached hydrogens (tertiary/aromatic N) is 1. The minimum atomic E-state index is -1.10. The number of hydrogen-bond acceptors (Lipinski definition) is 3. The second kappa shape index (κ2) is 4.08. The molecule has 2 bridgehead atoms. The van der Waals surface area contributed by atoms with Crippen LogP contribution in [-0.4, -0.2) is 11.4 Å². The minimum Gasteiger partial charge on any atom is -0.454 e. The van der Waals surface area contributed by atoms with Gasteiger partial charge in [-0.2, -0.15) is 8.78 Å². The molecule has 6 heteroatoms. The van der Waals surface area contributed by atoms with Crippen molar-refractivity contribution < 1.29 is 18.3 Å². The van der Waals surface area contributed by atoms with Gasteiger partial charge in [0.25, 0.3) is 0 Å². The highest BCUT2D eigenvalue weighted by atomic mass is 19.2. The number of halogens is 2. The Morgan fingerprint density at radius 2 is 2.00 bits per heavy atom. The van der Waals surface area contributed by atoms with E-state index in [0.29, 0.717) is 0 Å². The summed E-state index contributed by atoms with van der Waals surface area (Å²) in [5, 5.41) is 7.84. The van der Waals surface area contributed by atoms with E-state index in [1.807, 2.05) is 6.92 Å². The van der Waals surface area contributed by atoms with Gasteiger partial charge >= 0.3 is 0 Å². The molecule has 0 atom stereocenters. The van der Waals surface area contributed by atoms with Crippen LogP contribution in [0.5, 0.6) is 11.5 Å². The Labute approximate surface area is 107 Å². The molecule has 1 aromatic carbocycles. The second-order valence-corrected chi connectivity index (χ2v) is 4.22. The Hall–Kier alpha value is -2.37. The van der Waals surface area contributed by atoms with Crippen LogP contribution in [0.2, 0.25) is 0 Å². The molecule has 2 aliphatic heterocycles. The van der Waals surface area contributed by atoms with Gasteiger partial charge in [0.2, 0.25) is 18.4 Å². The zero-order chi connectivity index (χ0) is 13.6. The van der Waals surface area contributed by atoms with Gasteiger partial charge in [-0.3, -0.25) is 9.98 Å². The first-order chi connectivity index (χ1) is 9.08. The van der Waals surface area contributed by atoms with E-state index in [-0.39, 0.29) is 29.5 Å². The summed E-state index contributed by atoms with van der Waals surface area (Å²) in [6.45, 7) is 1.58. The molecule has 98 valence electrons. The van der Waals surface area contributed by atoms with Crippen LogP contribution in [-0.2, 0) is 0 Å². The SMILES string of the molecule is Cc1ccc(=N)n(-c2cc3c(F)c(F)c2OCO3)c1. The highest BCUT2D eigenvalue weighted by Crippen LogP contribution is 2.36. The van der Waals surface area contributed by atoms with Crippen molar-refractivity contribution in [3.63, 3.8) is 0 Å². The first kappa shape index (κ1) is 11.7. The van der Waals surface area contributed by atoms with Crippen LogP contribution in [0.1, 0.15) is 5.56 Å². The maximum atomic E-state index is 13.8. The van der Waals surface area contributed by atoms with Crippen molar-refractivity contribution in [1.82, 2.24) is 4.57 Å². The summed E-state index contributed by atoms with van der Waals surface area (Å²) in [6, 6.07) is 4.66. The van der Waals surface area contributed by atoms with Crippen LogP contribution in [0.3, 0.4) is 0 Å². The molecule has 19 heavy (non-hydrogen) atoms. The van der Waals surface area contributed by atoms with Crippen molar-refractivity contribution in [2.75, 3.05) is 6.79 Å². The van der Waals surface area contributed by atoms with Crippen molar-refractivity contribution >= 4 is 0 Å². The quantitative estimate of drug-likeness (QED) is 0.858. The molecule has 1 N–H and O–H groups in total. The van der Waals surface area contributed by atoms with Crippen LogP contribution in [0.15, 0.2) is 24.4 Å². The first-order valence-corrected chi connectivity index (χ1v) is 5.60. The standard InChI is InChI=1S/C13H10F2N2O2/c1-7-2-3-10(16)17(5-7)8-4-9-11(14)12(15)13(8)19-6-18-9/h2-5,16H,6H2,1H3. The monoisotopic (exact) mass is 264 g/mol. The van der Waals surface area contributed by atoms with Crippen molar-refractivity contribution in [1.29, 1.82) is 5.41 Å². The lowest BCUT2D eigenvalue weighted by Gasteiger charge is -2.11. The third-order valence-electron chi connectivity index (χ3n) is 2.88. The number of benzene rings is 1. The number of aryl methyl sites for hydroxylation is 1. The minimum absolute atomic E-state index is 0.134. The Kier molecular flexibility index (Phi) is 2.51. The average Bonchev–Trinajstić information content (AvgIpc) is 2.68. The second-order valence-electron chi connectivity index (χ2n) is 4.22. The highest BCUT2D eigenvalue weighted by Gasteiger charge is 2.25. The van der Waals surface area contributed by atoms with E-state index >= 15 is 0 Å². The fourth-order valence-corrected chi connectivity index (χ4v) is 1.95. The number of ether oxygens (including phenoxy) is 2. The molecule has 2 aliphatic rings. The molecule has 0 unspecified atom stereocenters. The van der Waals surface area contributed by atoms with Gasteiger partial charge in [0.05, 0.1) is 5.69 Å².